The molecule has 0 aliphatic carbocycles. The van der Waals surface area contributed by atoms with Gasteiger partial charge in [-0.1, -0.05) is 25.1 Å². The molecule has 1 aromatic carbocycles. The zero-order valence-corrected chi connectivity index (χ0v) is 14.3. The number of nitrogens with zero attached hydrogens (tertiary/aromatic N) is 3. The Labute approximate surface area is 140 Å². The first kappa shape index (κ1) is 16.0. The minimum atomic E-state index is 0.000402. The van der Waals surface area contributed by atoms with E-state index in [9.17, 15) is 4.79 Å². The number of anilines is 2. The van der Waals surface area contributed by atoms with E-state index in [1.165, 1.54) is 22.6 Å². The molecule has 0 radical (unpaired) electrons. The Hall–Kier alpha value is -1.92. The minimum absolute atomic E-state index is 0.000402. The van der Waals surface area contributed by atoms with Crippen LogP contribution in [0.1, 0.15) is 18.9 Å². The Kier molecular flexibility index (Phi) is 4.93. The highest BCUT2D eigenvalue weighted by atomic mass is 32.1. The maximum absolute atomic E-state index is 12.3. The molecule has 1 unspecified atom stereocenters. The summed E-state index contributed by atoms with van der Waals surface area (Å²) in [7, 11) is 2.13. The maximum Gasteiger partial charge on any atom is 0.240 e. The molecule has 0 bridgehead atoms. The highest BCUT2D eigenvalue weighted by molar-refractivity contribution is 7.13. The van der Waals surface area contributed by atoms with Crippen molar-refractivity contribution in [2.24, 2.45) is 0 Å². The fourth-order valence-corrected chi connectivity index (χ4v) is 3.64. The predicted octanol–water partition coefficient (Wildman–Crippen LogP) is 2.81. The van der Waals surface area contributed by atoms with Gasteiger partial charge in [-0.2, -0.15) is 0 Å². The van der Waals surface area contributed by atoms with E-state index in [1.807, 2.05) is 5.38 Å². The van der Waals surface area contributed by atoms with Gasteiger partial charge in [0.1, 0.15) is 0 Å². The van der Waals surface area contributed by atoms with E-state index in [-0.39, 0.29) is 5.91 Å². The van der Waals surface area contributed by atoms with E-state index in [1.54, 1.807) is 6.20 Å². The van der Waals surface area contributed by atoms with Gasteiger partial charge in [-0.25, -0.2) is 4.98 Å². The number of thiazole rings is 1. The first-order valence-electron chi connectivity index (χ1n) is 7.89. The van der Waals surface area contributed by atoms with Crippen LogP contribution in [0.5, 0.6) is 0 Å². The van der Waals surface area contributed by atoms with Crippen molar-refractivity contribution in [3.63, 3.8) is 0 Å². The Balaban J connectivity index is 1.75. The molecule has 2 heterocycles. The van der Waals surface area contributed by atoms with Crippen LogP contribution >= 0.6 is 11.3 Å². The summed E-state index contributed by atoms with van der Waals surface area (Å²) >= 11 is 1.44. The molecule has 0 spiro atoms. The number of nitrogens with one attached hydrogen (secondary N) is 1. The van der Waals surface area contributed by atoms with E-state index < -0.39 is 0 Å². The lowest BCUT2D eigenvalue weighted by atomic mass is 10.1. The molecule has 122 valence electrons. The summed E-state index contributed by atoms with van der Waals surface area (Å²) in [4.78, 5) is 21.0. The van der Waals surface area contributed by atoms with Gasteiger partial charge in [0.25, 0.3) is 0 Å². The quantitative estimate of drug-likeness (QED) is 0.936. The SMILES string of the molecule is CCC1CN(C)c2ccccc2CN1CC(=O)Nc1nccs1. The lowest BCUT2D eigenvalue weighted by Crippen LogP contribution is -2.43. The fraction of sp³-hybridized carbons (Fsp3) is 0.412. The molecule has 1 aliphatic heterocycles. The van der Waals surface area contributed by atoms with E-state index in [4.69, 9.17) is 0 Å². The second-order valence-corrected chi connectivity index (χ2v) is 6.76. The van der Waals surface area contributed by atoms with Crippen molar-refractivity contribution >= 4 is 28.1 Å². The summed E-state index contributed by atoms with van der Waals surface area (Å²) in [5.41, 5.74) is 2.53. The third kappa shape index (κ3) is 3.71. The highest BCUT2D eigenvalue weighted by Gasteiger charge is 2.26. The molecule has 0 fully saturated rings. The van der Waals surface area contributed by atoms with Crippen LogP contribution in [-0.2, 0) is 11.3 Å². The van der Waals surface area contributed by atoms with Crippen molar-refractivity contribution in [1.29, 1.82) is 0 Å². The fourth-order valence-electron chi connectivity index (χ4n) is 3.10. The molecule has 1 aromatic heterocycles. The standard InChI is InChI=1S/C17H22N4OS/c1-3-14-11-20(2)15-7-5-4-6-13(15)10-21(14)12-16(22)19-17-18-8-9-23-17/h4-9,14H,3,10-12H2,1-2H3,(H,18,19,22). The number of aromatic nitrogens is 1. The van der Waals surface area contributed by atoms with Crippen LogP contribution in [0.15, 0.2) is 35.8 Å². The van der Waals surface area contributed by atoms with Crippen LogP contribution in [-0.4, -0.2) is 42.0 Å². The number of rotatable bonds is 4. The van der Waals surface area contributed by atoms with Crippen molar-refractivity contribution in [3.05, 3.63) is 41.4 Å². The first-order chi connectivity index (χ1) is 11.2. The summed E-state index contributed by atoms with van der Waals surface area (Å²) in [6.07, 6.45) is 2.72. The molecule has 0 saturated heterocycles. The van der Waals surface area contributed by atoms with Crippen molar-refractivity contribution in [1.82, 2.24) is 9.88 Å². The molecular weight excluding hydrogens is 308 g/mol. The summed E-state index contributed by atoms with van der Waals surface area (Å²) in [5, 5.41) is 5.41. The zero-order valence-electron chi connectivity index (χ0n) is 13.5. The molecule has 23 heavy (non-hydrogen) atoms. The molecule has 2 aromatic rings. The summed E-state index contributed by atoms with van der Waals surface area (Å²) in [6.45, 7) is 4.29. The van der Waals surface area contributed by atoms with Crippen molar-refractivity contribution in [2.75, 3.05) is 30.4 Å². The molecule has 1 N–H and O–H groups in total. The lowest BCUT2D eigenvalue weighted by Gasteiger charge is -2.29. The average Bonchev–Trinajstić information content (AvgIpc) is 3.00. The first-order valence-corrected chi connectivity index (χ1v) is 8.77. The summed E-state index contributed by atoms with van der Waals surface area (Å²) in [6, 6.07) is 8.79. The van der Waals surface area contributed by atoms with Crippen LogP contribution in [0, 0.1) is 0 Å². The van der Waals surface area contributed by atoms with Crippen molar-refractivity contribution < 1.29 is 4.79 Å². The highest BCUT2D eigenvalue weighted by Crippen LogP contribution is 2.26. The molecular formula is C17H22N4OS. The van der Waals surface area contributed by atoms with Crippen molar-refractivity contribution in [3.8, 4) is 0 Å². The largest absolute Gasteiger partial charge is 0.373 e. The van der Waals surface area contributed by atoms with Gasteiger partial charge in [-0.05, 0) is 18.1 Å². The van der Waals surface area contributed by atoms with Gasteiger partial charge in [-0.15, -0.1) is 11.3 Å². The monoisotopic (exact) mass is 330 g/mol. The second-order valence-electron chi connectivity index (χ2n) is 5.86. The minimum Gasteiger partial charge on any atom is -0.373 e. The Bertz CT molecular complexity index is 658. The van der Waals surface area contributed by atoms with Gasteiger partial charge >= 0.3 is 0 Å². The van der Waals surface area contributed by atoms with Crippen LogP contribution in [0.3, 0.4) is 0 Å². The molecule has 1 amide bonds. The normalized spacial score (nSPS) is 18.3. The number of hydrogen-bond acceptors (Lipinski definition) is 5. The van der Waals surface area contributed by atoms with E-state index >= 15 is 0 Å². The Morgan fingerprint density at radius 1 is 1.43 bits per heavy atom. The molecule has 6 heteroatoms. The predicted molar refractivity (Wildman–Crippen MR) is 94.9 cm³/mol. The number of hydrogen-bond donors (Lipinski definition) is 1. The second kappa shape index (κ2) is 7.10. The number of benzene rings is 1. The molecule has 3 rings (SSSR count). The van der Waals surface area contributed by atoms with Crippen molar-refractivity contribution in [2.45, 2.75) is 25.9 Å². The number of amides is 1. The molecule has 0 saturated carbocycles. The van der Waals surface area contributed by atoms with Crippen LogP contribution in [0.4, 0.5) is 10.8 Å². The Morgan fingerprint density at radius 3 is 3.00 bits per heavy atom. The zero-order chi connectivity index (χ0) is 16.2. The van der Waals surface area contributed by atoms with Gasteiger partial charge in [0, 0.05) is 43.4 Å². The van der Waals surface area contributed by atoms with E-state index in [0.717, 1.165) is 19.5 Å². The van der Waals surface area contributed by atoms with Gasteiger partial charge in [0.15, 0.2) is 5.13 Å². The third-order valence-electron chi connectivity index (χ3n) is 4.27. The number of likely N-dealkylation sites (N-methyl/N-ethyl adjacent to an activating group) is 1. The van der Waals surface area contributed by atoms with E-state index in [0.29, 0.717) is 17.7 Å². The number of para-hydroxylation sites is 1. The molecule has 5 nitrogen and oxygen atoms in total. The number of carbonyl (C=O) groups is 1. The Morgan fingerprint density at radius 2 is 2.26 bits per heavy atom. The van der Waals surface area contributed by atoms with Gasteiger partial charge < -0.3 is 10.2 Å². The smallest absolute Gasteiger partial charge is 0.240 e. The topological polar surface area (TPSA) is 48.5 Å². The van der Waals surface area contributed by atoms with Gasteiger partial charge in [-0.3, -0.25) is 9.69 Å². The van der Waals surface area contributed by atoms with Crippen LogP contribution < -0.4 is 10.2 Å². The number of carbonyl (C=O) groups excluding carboxylic acids is 1. The van der Waals surface area contributed by atoms with Gasteiger partial charge in [0.05, 0.1) is 6.54 Å². The molecule has 1 aliphatic rings. The third-order valence-corrected chi connectivity index (χ3v) is 4.96. The van der Waals surface area contributed by atoms with Gasteiger partial charge in [0.2, 0.25) is 5.91 Å². The maximum atomic E-state index is 12.3. The van der Waals surface area contributed by atoms with Crippen LogP contribution in [0.25, 0.3) is 0 Å². The number of fused-ring (bicyclic) bond motifs is 1. The average molecular weight is 330 g/mol. The molecule has 1 atom stereocenters. The van der Waals surface area contributed by atoms with Crippen LogP contribution in [0.2, 0.25) is 0 Å². The summed E-state index contributed by atoms with van der Waals surface area (Å²) in [5.74, 6) is 0.000402. The summed E-state index contributed by atoms with van der Waals surface area (Å²) < 4.78 is 0. The van der Waals surface area contributed by atoms with E-state index in [2.05, 4.69) is 58.3 Å². The lowest BCUT2D eigenvalue weighted by molar-refractivity contribution is -0.118.